The lowest BCUT2D eigenvalue weighted by Crippen LogP contribution is -2.49. The van der Waals surface area contributed by atoms with Crippen molar-refractivity contribution >= 4 is 24.1 Å². The van der Waals surface area contributed by atoms with Crippen LogP contribution in [0.15, 0.2) is 34.3 Å². The Labute approximate surface area is 221 Å². The number of hydrogen-bond donors (Lipinski definition) is 1. The quantitative estimate of drug-likeness (QED) is 0.378. The van der Waals surface area contributed by atoms with Crippen LogP contribution in [0.25, 0.3) is 0 Å². The number of piperazine rings is 1. The lowest BCUT2D eigenvalue weighted by molar-refractivity contribution is -0.0811. The highest BCUT2D eigenvalue weighted by molar-refractivity contribution is 6.03. The molecule has 1 aromatic carbocycles. The van der Waals surface area contributed by atoms with E-state index in [-0.39, 0.29) is 11.7 Å². The van der Waals surface area contributed by atoms with Crippen LogP contribution in [0.1, 0.15) is 49.9 Å². The maximum Gasteiger partial charge on any atom is 0.266 e. The number of aliphatic imine (C=N–C) groups is 2. The number of pyridine rings is 1. The molecule has 0 radical (unpaired) electrons. The predicted molar refractivity (Wildman–Crippen MR) is 143 cm³/mol. The molecule has 0 unspecified atom stereocenters. The molecule has 0 saturated carbocycles. The van der Waals surface area contributed by atoms with E-state index in [2.05, 4.69) is 50.7 Å². The molecule has 2 saturated heterocycles. The van der Waals surface area contributed by atoms with Gasteiger partial charge in [0.15, 0.2) is 5.82 Å². The molecule has 1 aromatic heterocycles. The first-order valence-electron chi connectivity index (χ1n) is 12.8. The smallest absolute Gasteiger partial charge is 0.266 e. The average Bonchev–Trinajstić information content (AvgIpc) is 2.88. The van der Waals surface area contributed by atoms with Crippen molar-refractivity contribution in [3.05, 3.63) is 46.8 Å². The number of alkyl halides is 2. The molecule has 2 fully saturated rings. The second-order valence-electron chi connectivity index (χ2n) is 9.73. The second-order valence-corrected chi connectivity index (χ2v) is 9.73. The number of ether oxygens (including phenoxy) is 2. The van der Waals surface area contributed by atoms with E-state index in [0.717, 1.165) is 37.9 Å². The minimum absolute atomic E-state index is 0.0933. The normalized spacial score (nSPS) is 18.0. The second kappa shape index (κ2) is 12.1. The van der Waals surface area contributed by atoms with Gasteiger partial charge in [-0.1, -0.05) is 18.2 Å². The van der Waals surface area contributed by atoms with Crippen LogP contribution in [0.2, 0.25) is 0 Å². The van der Waals surface area contributed by atoms with Gasteiger partial charge in [0.05, 0.1) is 30.4 Å². The molecule has 0 aliphatic carbocycles. The van der Waals surface area contributed by atoms with Crippen molar-refractivity contribution in [1.29, 1.82) is 0 Å². The van der Waals surface area contributed by atoms with E-state index in [4.69, 9.17) is 9.47 Å². The molecule has 2 aliphatic heterocycles. The van der Waals surface area contributed by atoms with Gasteiger partial charge in [0.25, 0.3) is 6.43 Å². The Hall–Kier alpha value is -3.18. The Balaban J connectivity index is 1.67. The zero-order valence-electron chi connectivity index (χ0n) is 22.3. The van der Waals surface area contributed by atoms with Gasteiger partial charge >= 0.3 is 0 Å². The van der Waals surface area contributed by atoms with Crippen LogP contribution >= 0.6 is 0 Å². The lowest BCUT2D eigenvalue weighted by atomic mass is 10.0. The first-order valence-corrected chi connectivity index (χ1v) is 12.8. The monoisotopic (exact) mass is 532 g/mol. The van der Waals surface area contributed by atoms with Gasteiger partial charge in [-0.15, -0.1) is 0 Å². The third-order valence-corrected chi connectivity index (χ3v) is 6.96. The van der Waals surface area contributed by atoms with Crippen molar-refractivity contribution in [3.8, 4) is 5.88 Å². The molecule has 11 heteroatoms. The Morgan fingerprint density at radius 1 is 1.16 bits per heavy atom. The van der Waals surface area contributed by atoms with Gasteiger partial charge in [-0.2, -0.15) is 4.98 Å². The third-order valence-electron chi connectivity index (χ3n) is 6.96. The highest BCUT2D eigenvalue weighted by Crippen LogP contribution is 2.35. The number of rotatable bonds is 9. The molecular formula is C27H35F3N6O2. The van der Waals surface area contributed by atoms with E-state index in [1.165, 1.54) is 12.1 Å². The van der Waals surface area contributed by atoms with Gasteiger partial charge in [-0.3, -0.25) is 9.89 Å². The molecule has 0 amide bonds. The molecule has 38 heavy (non-hydrogen) atoms. The van der Waals surface area contributed by atoms with E-state index in [0.29, 0.717) is 42.4 Å². The lowest BCUT2D eigenvalue weighted by Gasteiger charge is -2.39. The number of nitrogens with zero attached hydrogens (tertiary/aromatic N) is 5. The van der Waals surface area contributed by atoms with Crippen LogP contribution in [-0.2, 0) is 4.74 Å². The molecule has 206 valence electrons. The standard InChI is InChI=1S/C27H35F3N6O2/c1-16(2)35-9-11-36(12-10-35)22-13-21(26(32-5)34-27(22)38-18-14-37-15-18)25(31-4)33-17(3)19-7-6-8-20(23(19)28)24(29)30/h6-8,13,16-18,24H,5,9-12,14-15H2,1-4H3,(H,31,33)/t17-/m1/s1. The fourth-order valence-electron chi connectivity index (χ4n) is 4.62. The molecule has 8 nitrogen and oxygen atoms in total. The first kappa shape index (κ1) is 27.8. The molecule has 1 N–H and O–H groups in total. The summed E-state index contributed by atoms with van der Waals surface area (Å²) in [6.45, 7) is 14.1. The summed E-state index contributed by atoms with van der Waals surface area (Å²) >= 11 is 0. The molecule has 0 bridgehead atoms. The Morgan fingerprint density at radius 3 is 2.39 bits per heavy atom. The summed E-state index contributed by atoms with van der Waals surface area (Å²) in [5.41, 5.74) is 0.827. The van der Waals surface area contributed by atoms with Crippen LogP contribution in [0.5, 0.6) is 5.88 Å². The zero-order valence-corrected chi connectivity index (χ0v) is 22.3. The number of hydrogen-bond acceptors (Lipinski definition) is 7. The minimum atomic E-state index is -2.91. The van der Waals surface area contributed by atoms with E-state index in [1.807, 2.05) is 6.07 Å². The molecule has 2 aliphatic rings. The predicted octanol–water partition coefficient (Wildman–Crippen LogP) is 4.53. The summed E-state index contributed by atoms with van der Waals surface area (Å²) in [5.74, 6) is 0.191. The number of halogens is 3. The van der Waals surface area contributed by atoms with Crippen LogP contribution in [0.4, 0.5) is 24.7 Å². The van der Waals surface area contributed by atoms with Crippen molar-refractivity contribution in [2.75, 3.05) is 51.3 Å². The summed E-state index contributed by atoms with van der Waals surface area (Å²) < 4.78 is 52.8. The summed E-state index contributed by atoms with van der Waals surface area (Å²) in [5, 5.41) is 3.17. The topological polar surface area (TPSA) is 74.6 Å². The zero-order chi connectivity index (χ0) is 27.4. The maximum absolute atomic E-state index is 14.8. The molecule has 4 rings (SSSR count). The number of anilines is 1. The van der Waals surface area contributed by atoms with Gasteiger partial charge in [0.1, 0.15) is 23.4 Å². The van der Waals surface area contributed by atoms with E-state index >= 15 is 0 Å². The first-order chi connectivity index (χ1) is 18.2. The highest BCUT2D eigenvalue weighted by Gasteiger charge is 2.29. The summed E-state index contributed by atoms with van der Waals surface area (Å²) in [7, 11) is 1.59. The van der Waals surface area contributed by atoms with Gasteiger partial charge in [-0.25, -0.2) is 18.2 Å². The molecule has 2 aromatic rings. The van der Waals surface area contributed by atoms with E-state index < -0.39 is 23.8 Å². The molecular weight excluding hydrogens is 497 g/mol. The van der Waals surface area contributed by atoms with Crippen LogP contribution in [0.3, 0.4) is 0 Å². The van der Waals surface area contributed by atoms with Crippen LogP contribution in [0, 0.1) is 5.82 Å². The summed E-state index contributed by atoms with van der Waals surface area (Å²) in [4.78, 5) is 17.8. The third kappa shape index (κ3) is 5.94. The summed E-state index contributed by atoms with van der Waals surface area (Å²) in [6.07, 6.45) is -3.00. The minimum Gasteiger partial charge on any atom is -0.468 e. The molecule has 1 atom stereocenters. The van der Waals surface area contributed by atoms with Gasteiger partial charge in [0.2, 0.25) is 5.88 Å². The Bertz CT molecular complexity index is 1160. The Kier molecular flexibility index (Phi) is 8.88. The van der Waals surface area contributed by atoms with Crippen molar-refractivity contribution in [1.82, 2.24) is 15.2 Å². The largest absolute Gasteiger partial charge is 0.468 e. The molecule has 0 spiro atoms. The van der Waals surface area contributed by atoms with E-state index in [1.54, 1.807) is 14.0 Å². The Morgan fingerprint density at radius 2 is 1.84 bits per heavy atom. The SMILES string of the molecule is C=Nc1nc(OC2COC2)c(N2CCN(C(C)C)CC2)cc1/C(=N\C)N[C@H](C)c1cccc(C(F)F)c1F. The van der Waals surface area contributed by atoms with Crippen molar-refractivity contribution in [2.24, 2.45) is 9.98 Å². The van der Waals surface area contributed by atoms with Crippen molar-refractivity contribution < 1.29 is 22.6 Å². The highest BCUT2D eigenvalue weighted by atomic mass is 19.3. The van der Waals surface area contributed by atoms with Crippen molar-refractivity contribution in [2.45, 2.75) is 45.4 Å². The molecule has 3 heterocycles. The van der Waals surface area contributed by atoms with Gasteiger partial charge in [0, 0.05) is 44.8 Å². The van der Waals surface area contributed by atoms with Crippen LogP contribution < -0.4 is 15.0 Å². The van der Waals surface area contributed by atoms with Crippen molar-refractivity contribution in [3.63, 3.8) is 0 Å². The van der Waals surface area contributed by atoms with Gasteiger partial charge in [-0.05, 0) is 33.6 Å². The van der Waals surface area contributed by atoms with E-state index in [9.17, 15) is 13.2 Å². The number of nitrogens with one attached hydrogen (secondary N) is 1. The van der Waals surface area contributed by atoms with Gasteiger partial charge < -0.3 is 19.7 Å². The fraction of sp³-hybridized carbons (Fsp3) is 0.519. The van der Waals surface area contributed by atoms with Crippen LogP contribution in [-0.4, -0.2) is 81.0 Å². The maximum atomic E-state index is 14.8. The number of benzene rings is 1. The average molecular weight is 533 g/mol. The summed E-state index contributed by atoms with van der Waals surface area (Å²) in [6, 6.07) is 5.69. The number of aromatic nitrogens is 1. The fourth-order valence-corrected chi connectivity index (χ4v) is 4.62. The number of amidine groups is 1.